The molecular formula is C85H78N2O5. The summed E-state index contributed by atoms with van der Waals surface area (Å²) < 4.78 is 22.3. The van der Waals surface area contributed by atoms with Crippen molar-refractivity contribution in [2.75, 3.05) is 36.2 Å². The summed E-state index contributed by atoms with van der Waals surface area (Å²) in [6.45, 7) is 7.03. The van der Waals surface area contributed by atoms with E-state index in [4.69, 9.17) is 18.9 Å². The van der Waals surface area contributed by atoms with Crippen molar-refractivity contribution in [1.82, 2.24) is 0 Å². The molecule has 0 saturated heterocycles. The van der Waals surface area contributed by atoms with Crippen LogP contribution in [0, 0.1) is 0 Å². The van der Waals surface area contributed by atoms with Crippen LogP contribution in [0.2, 0.25) is 0 Å². The van der Waals surface area contributed by atoms with Crippen LogP contribution < -0.4 is 14.5 Å². The minimum atomic E-state index is -0.668. The molecule has 458 valence electrons. The summed E-state index contributed by atoms with van der Waals surface area (Å²) in [6.07, 6.45) is 2.15. The fraction of sp³-hybridized carbons (Fsp3) is 0.141. The van der Waals surface area contributed by atoms with Crippen LogP contribution in [-0.2, 0) is 14.2 Å². The third kappa shape index (κ3) is 15.8. The van der Waals surface area contributed by atoms with E-state index in [1.807, 2.05) is 32.0 Å². The van der Waals surface area contributed by atoms with E-state index >= 15 is 0 Å². The monoisotopic (exact) mass is 1210 g/mol. The van der Waals surface area contributed by atoms with Gasteiger partial charge in [0.1, 0.15) is 24.6 Å². The maximum atomic E-state index is 12.1. The molecule has 7 nitrogen and oxygen atoms in total. The smallest absolute Gasteiger partial charge is 0.491 e. The van der Waals surface area contributed by atoms with Crippen molar-refractivity contribution in [2.24, 2.45) is 0 Å². The first-order valence-corrected chi connectivity index (χ1v) is 31.5. The first kappa shape index (κ1) is 62.9. The van der Waals surface area contributed by atoms with Crippen molar-refractivity contribution in [1.29, 1.82) is 0 Å². The van der Waals surface area contributed by atoms with Crippen LogP contribution in [0.5, 0.6) is 5.75 Å². The summed E-state index contributed by atoms with van der Waals surface area (Å²) in [7, 11) is 0. The lowest BCUT2D eigenvalue weighted by Gasteiger charge is -2.26. The number of benzene rings is 12. The van der Waals surface area contributed by atoms with Gasteiger partial charge in [0.25, 0.3) is 0 Å². The van der Waals surface area contributed by atoms with Crippen molar-refractivity contribution in [3.63, 3.8) is 0 Å². The van der Waals surface area contributed by atoms with Gasteiger partial charge >= 0.3 is 6.16 Å². The zero-order valence-corrected chi connectivity index (χ0v) is 51.8. The highest BCUT2D eigenvalue weighted by Gasteiger charge is 2.23. The Balaban J connectivity index is 0.00000867. The van der Waals surface area contributed by atoms with Crippen LogP contribution in [0.4, 0.5) is 38.9 Å². The average molecular weight is 1210 g/mol. The highest BCUT2D eigenvalue weighted by molar-refractivity contribution is 5.84. The first-order valence-electron chi connectivity index (χ1n) is 31.5. The van der Waals surface area contributed by atoms with Gasteiger partial charge in [-0.25, -0.2) is 4.79 Å². The molecule has 12 rings (SSSR count). The molecular weight excluding hydrogens is 1130 g/mol. The first-order chi connectivity index (χ1) is 44.7. The van der Waals surface area contributed by atoms with E-state index in [2.05, 4.69) is 308 Å². The molecule has 0 unspecified atom stereocenters. The van der Waals surface area contributed by atoms with Gasteiger partial charge in [0.15, 0.2) is 0 Å². The molecule has 7 heteroatoms. The molecule has 0 radical (unpaired) electrons. The molecule has 0 atom stereocenters. The lowest BCUT2D eigenvalue weighted by molar-refractivity contribution is -0.0315. The van der Waals surface area contributed by atoms with Gasteiger partial charge < -0.3 is 28.7 Å². The maximum Gasteiger partial charge on any atom is 0.508 e. The molecule has 0 aliphatic heterocycles. The Labute approximate surface area is 543 Å². The lowest BCUT2D eigenvalue weighted by atomic mass is 9.97. The molecule has 12 aromatic carbocycles. The van der Waals surface area contributed by atoms with Gasteiger partial charge in [0.2, 0.25) is 0 Å². The Morgan fingerprint density at radius 1 is 0.315 bits per heavy atom. The third-order valence-electron chi connectivity index (χ3n) is 16.5. The van der Waals surface area contributed by atoms with Crippen LogP contribution in [-0.4, -0.2) is 38.2 Å². The van der Waals surface area contributed by atoms with E-state index in [0.29, 0.717) is 13.2 Å². The molecule has 0 aliphatic carbocycles. The number of unbranched alkanes of at least 4 members (excludes halogenated alkanes) is 1. The van der Waals surface area contributed by atoms with Crippen molar-refractivity contribution in [3.8, 4) is 83.6 Å². The number of ether oxygens (including phenoxy) is 4. The van der Waals surface area contributed by atoms with Gasteiger partial charge in [-0.15, -0.1) is 0 Å². The standard InChI is InChI=1S/C84H74N2O5.CH4/c1-4-5-57-84(2,3)91-83(87)90-61-59-88-58-60-89-82-55-41-75(42-56-82)74-39-53-81(54-40-74)86(78-47-33-71(34-48-78)64-19-13-8-14-20-64)80-51-37-73(38-52-80)68-27-23-66(24-28-68)65-21-25-67(26-22-65)72-35-49-79(50-36-72)85(76-43-29-69(30-44-76)62-15-9-6-10-16-62)77-45-31-70(32-46-77)63-17-11-7-12-18-63;/h6-56H,4-5,57-61H2,1-3H3;1H4. The molecule has 0 aromatic heterocycles. The van der Waals surface area contributed by atoms with Gasteiger partial charge in [-0.2, -0.15) is 0 Å². The van der Waals surface area contributed by atoms with Crippen molar-refractivity contribution >= 4 is 40.3 Å². The van der Waals surface area contributed by atoms with Gasteiger partial charge in [0, 0.05) is 34.1 Å². The Kier molecular flexibility index (Phi) is 20.6. The van der Waals surface area contributed by atoms with Crippen LogP contribution in [0.25, 0.3) is 77.9 Å². The van der Waals surface area contributed by atoms with Gasteiger partial charge in [-0.05, 0) is 190 Å². The average Bonchev–Trinajstić information content (AvgIpc) is 1.15. The van der Waals surface area contributed by atoms with E-state index in [9.17, 15) is 4.79 Å². The van der Waals surface area contributed by atoms with Crippen molar-refractivity contribution in [2.45, 2.75) is 53.1 Å². The fourth-order valence-electron chi connectivity index (χ4n) is 11.5. The second-order valence-corrected chi connectivity index (χ2v) is 23.3. The quantitative estimate of drug-likeness (QED) is 0.0441. The molecule has 0 bridgehead atoms. The minimum absolute atomic E-state index is 0. The third-order valence-corrected chi connectivity index (χ3v) is 16.5. The Bertz CT molecular complexity index is 4140. The Morgan fingerprint density at radius 3 is 0.826 bits per heavy atom. The van der Waals surface area contributed by atoms with Crippen molar-refractivity contribution in [3.05, 3.63) is 309 Å². The molecule has 0 spiro atoms. The molecule has 12 aromatic rings. The molecule has 0 heterocycles. The van der Waals surface area contributed by atoms with E-state index in [-0.39, 0.29) is 20.6 Å². The second-order valence-electron chi connectivity index (χ2n) is 23.3. The molecule has 0 saturated carbocycles. The van der Waals surface area contributed by atoms with Gasteiger partial charge in [-0.1, -0.05) is 245 Å². The fourth-order valence-corrected chi connectivity index (χ4v) is 11.5. The highest BCUT2D eigenvalue weighted by Crippen LogP contribution is 2.41. The molecule has 0 N–H and O–H groups in total. The molecule has 0 fully saturated rings. The van der Waals surface area contributed by atoms with Crippen LogP contribution in [0.3, 0.4) is 0 Å². The molecule has 0 aliphatic rings. The van der Waals surface area contributed by atoms with Crippen LogP contribution in [0.15, 0.2) is 309 Å². The number of hydrogen-bond donors (Lipinski definition) is 0. The summed E-state index contributed by atoms with van der Waals surface area (Å²) in [6, 6.07) is 110. The summed E-state index contributed by atoms with van der Waals surface area (Å²) in [5.41, 5.74) is 22.1. The molecule has 92 heavy (non-hydrogen) atoms. The zero-order chi connectivity index (χ0) is 62.2. The van der Waals surface area contributed by atoms with E-state index in [1.165, 1.54) is 27.8 Å². The normalized spacial score (nSPS) is 11.1. The van der Waals surface area contributed by atoms with Gasteiger partial charge in [-0.3, -0.25) is 0 Å². The predicted octanol–water partition coefficient (Wildman–Crippen LogP) is 23.4. The second kappa shape index (κ2) is 30.2. The summed E-state index contributed by atoms with van der Waals surface area (Å²) in [4.78, 5) is 16.8. The maximum absolute atomic E-state index is 12.1. The number of rotatable bonds is 24. The van der Waals surface area contributed by atoms with Crippen LogP contribution in [0.1, 0.15) is 47.5 Å². The van der Waals surface area contributed by atoms with Crippen LogP contribution >= 0.6 is 0 Å². The number of hydrogen-bond acceptors (Lipinski definition) is 7. The summed E-state index contributed by atoms with van der Waals surface area (Å²) in [5.74, 6) is 0.750. The molecule has 0 amide bonds. The predicted molar refractivity (Wildman–Crippen MR) is 383 cm³/mol. The largest absolute Gasteiger partial charge is 0.508 e. The van der Waals surface area contributed by atoms with E-state index in [1.54, 1.807) is 0 Å². The van der Waals surface area contributed by atoms with Crippen molar-refractivity contribution < 1.29 is 23.7 Å². The van der Waals surface area contributed by atoms with E-state index in [0.717, 1.165) is 109 Å². The summed E-state index contributed by atoms with van der Waals surface area (Å²) >= 11 is 0. The zero-order valence-electron chi connectivity index (χ0n) is 51.8. The van der Waals surface area contributed by atoms with E-state index < -0.39 is 11.8 Å². The number of anilines is 6. The minimum Gasteiger partial charge on any atom is -0.491 e. The highest BCUT2D eigenvalue weighted by atomic mass is 16.7. The van der Waals surface area contributed by atoms with Gasteiger partial charge in [0.05, 0.1) is 13.2 Å². The Hall–Kier alpha value is -10.7. The lowest BCUT2D eigenvalue weighted by Crippen LogP contribution is -2.29. The number of nitrogens with zero attached hydrogens (tertiary/aromatic N) is 2. The Morgan fingerprint density at radius 2 is 0.554 bits per heavy atom. The SMILES string of the molecule is C.CCCCC(C)(C)OC(=O)OCCOCCOc1ccc(-c2ccc(N(c3ccc(-c4ccccc4)cc3)c3ccc(-c4ccc(-c5ccc(-c6ccc(N(c7ccc(-c8ccccc8)cc7)c7ccc(-c8ccccc8)cc7)cc6)cc5)cc4)cc3)cc2)cc1. The topological polar surface area (TPSA) is 60.5 Å². The summed E-state index contributed by atoms with van der Waals surface area (Å²) in [5, 5.41) is 0. The number of carbonyl (C=O) groups excluding carboxylic acids is 1. The number of carbonyl (C=O) groups is 1.